The lowest BCUT2D eigenvalue weighted by Crippen LogP contribution is -2.38. The van der Waals surface area contributed by atoms with Crippen LogP contribution in [0.5, 0.6) is 5.75 Å². The number of methoxy groups -OCH3 is 1. The molecule has 0 fully saturated rings. The van der Waals surface area contributed by atoms with E-state index in [1.165, 1.54) is 6.07 Å². The van der Waals surface area contributed by atoms with Crippen LogP contribution < -0.4 is 15.4 Å². The van der Waals surface area contributed by atoms with Crippen LogP contribution >= 0.6 is 0 Å². The molecule has 2 aromatic carbocycles. The predicted molar refractivity (Wildman–Crippen MR) is 95.9 cm³/mol. The number of nitrogens with zero attached hydrogens (tertiary/aromatic N) is 1. The molecule has 0 saturated heterocycles. The van der Waals surface area contributed by atoms with E-state index >= 15 is 0 Å². The van der Waals surface area contributed by atoms with Crippen molar-refractivity contribution in [3.63, 3.8) is 0 Å². The molecule has 0 atom stereocenters. The van der Waals surface area contributed by atoms with Gasteiger partial charge in [0.2, 0.25) is 0 Å². The first-order chi connectivity index (χ1) is 12.1. The van der Waals surface area contributed by atoms with Gasteiger partial charge in [-0.25, -0.2) is 13.8 Å². The van der Waals surface area contributed by atoms with Gasteiger partial charge in [0.05, 0.1) is 13.7 Å². The number of para-hydroxylation sites is 1. The molecule has 2 aromatic rings. The normalized spacial score (nSPS) is 11.3. The van der Waals surface area contributed by atoms with E-state index in [0.29, 0.717) is 37.6 Å². The maximum Gasteiger partial charge on any atom is 0.191 e. The number of nitrogens with one attached hydrogen (secondary N) is 2. The molecule has 0 spiro atoms. The van der Waals surface area contributed by atoms with Crippen LogP contribution in [0.25, 0.3) is 0 Å². The smallest absolute Gasteiger partial charge is 0.191 e. The number of ether oxygens (including phenoxy) is 1. The highest BCUT2D eigenvalue weighted by molar-refractivity contribution is 5.79. The molecule has 2 N–H and O–H groups in total. The summed E-state index contributed by atoms with van der Waals surface area (Å²) in [4.78, 5) is 4.51. The molecule has 0 radical (unpaired) electrons. The summed E-state index contributed by atoms with van der Waals surface area (Å²) in [7, 11) is 1.62. The number of aliphatic imine (C=N–C) groups is 1. The molecule has 2 rings (SSSR count). The van der Waals surface area contributed by atoms with Gasteiger partial charge >= 0.3 is 0 Å². The Labute approximate surface area is 146 Å². The van der Waals surface area contributed by atoms with Crippen LogP contribution in [0.15, 0.2) is 47.5 Å². The van der Waals surface area contributed by atoms with Crippen molar-refractivity contribution in [3.8, 4) is 5.75 Å². The Kier molecular flexibility index (Phi) is 7.19. The van der Waals surface area contributed by atoms with E-state index < -0.39 is 11.6 Å². The summed E-state index contributed by atoms with van der Waals surface area (Å²) in [6.45, 7) is 3.56. The Hall–Kier alpha value is -2.63. The molecule has 0 saturated carbocycles. The van der Waals surface area contributed by atoms with E-state index in [1.54, 1.807) is 7.11 Å². The summed E-state index contributed by atoms with van der Waals surface area (Å²) in [5.74, 6) is 0.557. The zero-order chi connectivity index (χ0) is 18.1. The molecular formula is C19H23F2N3O. The molecule has 0 aliphatic heterocycles. The second-order valence-electron chi connectivity index (χ2n) is 5.42. The fourth-order valence-electron chi connectivity index (χ4n) is 2.39. The SMILES string of the molecule is CCNC(=NCc1ccccc1OC)NCCc1cc(F)ccc1F. The lowest BCUT2D eigenvalue weighted by atomic mass is 10.1. The van der Waals surface area contributed by atoms with Gasteiger partial charge in [-0.15, -0.1) is 0 Å². The minimum absolute atomic E-state index is 0.341. The monoisotopic (exact) mass is 347 g/mol. The Morgan fingerprint density at radius 2 is 1.88 bits per heavy atom. The minimum atomic E-state index is -0.437. The molecule has 0 heterocycles. The van der Waals surface area contributed by atoms with Crippen LogP contribution in [-0.2, 0) is 13.0 Å². The van der Waals surface area contributed by atoms with Gasteiger partial charge < -0.3 is 15.4 Å². The topological polar surface area (TPSA) is 45.7 Å². The third-order valence-electron chi connectivity index (χ3n) is 3.64. The first-order valence-corrected chi connectivity index (χ1v) is 8.22. The standard InChI is InChI=1S/C19H23F2N3O/c1-3-22-19(24-13-15-6-4-5-7-18(15)25-2)23-11-10-14-12-16(20)8-9-17(14)21/h4-9,12H,3,10-11,13H2,1-2H3,(H2,22,23,24). The van der Waals surface area contributed by atoms with Crippen LogP contribution in [0.1, 0.15) is 18.1 Å². The van der Waals surface area contributed by atoms with Gasteiger partial charge in [-0.05, 0) is 43.2 Å². The van der Waals surface area contributed by atoms with Gasteiger partial charge in [-0.3, -0.25) is 0 Å². The molecule has 0 unspecified atom stereocenters. The molecule has 0 aliphatic rings. The fraction of sp³-hybridized carbons (Fsp3) is 0.316. The molecule has 25 heavy (non-hydrogen) atoms. The third kappa shape index (κ3) is 5.74. The summed E-state index contributed by atoms with van der Waals surface area (Å²) in [5, 5.41) is 6.27. The van der Waals surface area contributed by atoms with Crippen molar-refractivity contribution in [2.45, 2.75) is 19.9 Å². The van der Waals surface area contributed by atoms with Crippen LogP contribution in [0.2, 0.25) is 0 Å². The van der Waals surface area contributed by atoms with Crippen LogP contribution in [0, 0.1) is 11.6 Å². The molecule has 6 heteroatoms. The zero-order valence-corrected chi connectivity index (χ0v) is 14.5. The molecule has 134 valence electrons. The van der Waals surface area contributed by atoms with E-state index in [0.717, 1.165) is 23.4 Å². The predicted octanol–water partition coefficient (Wildman–Crippen LogP) is 3.27. The molecular weight excluding hydrogens is 324 g/mol. The Morgan fingerprint density at radius 1 is 1.08 bits per heavy atom. The molecule has 0 amide bonds. The first kappa shape index (κ1) is 18.7. The average molecular weight is 347 g/mol. The summed E-state index contributed by atoms with van der Waals surface area (Å²) in [6, 6.07) is 11.2. The fourth-order valence-corrected chi connectivity index (χ4v) is 2.39. The summed E-state index contributed by atoms with van der Waals surface area (Å²) in [6.07, 6.45) is 0.364. The highest BCUT2D eigenvalue weighted by Crippen LogP contribution is 2.17. The number of benzene rings is 2. The molecule has 0 aliphatic carbocycles. The highest BCUT2D eigenvalue weighted by Gasteiger charge is 2.05. The van der Waals surface area contributed by atoms with E-state index in [2.05, 4.69) is 15.6 Å². The van der Waals surface area contributed by atoms with E-state index in [1.807, 2.05) is 31.2 Å². The molecule has 0 bridgehead atoms. The van der Waals surface area contributed by atoms with Gasteiger partial charge in [0.25, 0.3) is 0 Å². The number of hydrogen-bond acceptors (Lipinski definition) is 2. The second kappa shape index (κ2) is 9.61. The quantitative estimate of drug-likeness (QED) is 0.597. The van der Waals surface area contributed by atoms with Crippen molar-refractivity contribution < 1.29 is 13.5 Å². The Balaban J connectivity index is 1.96. The molecule has 4 nitrogen and oxygen atoms in total. The first-order valence-electron chi connectivity index (χ1n) is 8.22. The Morgan fingerprint density at radius 3 is 2.64 bits per heavy atom. The summed E-state index contributed by atoms with van der Waals surface area (Å²) < 4.78 is 32.2. The van der Waals surface area contributed by atoms with Gasteiger partial charge in [0.15, 0.2) is 5.96 Å². The van der Waals surface area contributed by atoms with E-state index in [4.69, 9.17) is 4.74 Å². The number of hydrogen-bond donors (Lipinski definition) is 2. The zero-order valence-electron chi connectivity index (χ0n) is 14.5. The van der Waals surface area contributed by atoms with Crippen LogP contribution in [-0.4, -0.2) is 26.2 Å². The molecule has 0 aromatic heterocycles. The van der Waals surface area contributed by atoms with E-state index in [-0.39, 0.29) is 0 Å². The van der Waals surface area contributed by atoms with Crippen molar-refractivity contribution in [3.05, 3.63) is 65.2 Å². The van der Waals surface area contributed by atoms with Crippen molar-refractivity contribution >= 4 is 5.96 Å². The average Bonchev–Trinajstić information content (AvgIpc) is 2.62. The maximum absolute atomic E-state index is 13.6. The maximum atomic E-state index is 13.6. The highest BCUT2D eigenvalue weighted by atomic mass is 19.1. The second-order valence-corrected chi connectivity index (χ2v) is 5.42. The van der Waals surface area contributed by atoms with Crippen molar-refractivity contribution in [1.29, 1.82) is 0 Å². The number of guanidine groups is 1. The Bertz CT molecular complexity index is 720. The number of rotatable bonds is 7. The lowest BCUT2D eigenvalue weighted by molar-refractivity contribution is 0.410. The van der Waals surface area contributed by atoms with E-state index in [9.17, 15) is 8.78 Å². The third-order valence-corrected chi connectivity index (χ3v) is 3.64. The summed E-state index contributed by atoms with van der Waals surface area (Å²) in [5.41, 5.74) is 1.31. The van der Waals surface area contributed by atoms with Gasteiger partial charge in [0, 0.05) is 18.7 Å². The lowest BCUT2D eigenvalue weighted by Gasteiger charge is -2.12. The largest absolute Gasteiger partial charge is 0.496 e. The van der Waals surface area contributed by atoms with Crippen LogP contribution in [0.4, 0.5) is 8.78 Å². The number of halogens is 2. The summed E-state index contributed by atoms with van der Waals surface area (Å²) >= 11 is 0. The van der Waals surface area contributed by atoms with Crippen molar-refractivity contribution in [2.75, 3.05) is 20.2 Å². The van der Waals surface area contributed by atoms with Gasteiger partial charge in [-0.2, -0.15) is 0 Å². The van der Waals surface area contributed by atoms with Gasteiger partial charge in [0.1, 0.15) is 17.4 Å². The van der Waals surface area contributed by atoms with Crippen LogP contribution in [0.3, 0.4) is 0 Å². The van der Waals surface area contributed by atoms with Crippen molar-refractivity contribution in [2.24, 2.45) is 4.99 Å². The minimum Gasteiger partial charge on any atom is -0.496 e. The van der Waals surface area contributed by atoms with Crippen molar-refractivity contribution in [1.82, 2.24) is 10.6 Å². The van der Waals surface area contributed by atoms with Gasteiger partial charge in [-0.1, -0.05) is 18.2 Å².